The molecule has 28 heavy (non-hydrogen) atoms. The first-order valence-electron chi connectivity index (χ1n) is 9.53. The molecular weight excluding hydrogens is 356 g/mol. The number of hydrogen-bond acceptors (Lipinski definition) is 7. The molecule has 1 aromatic heterocycles. The van der Waals surface area contributed by atoms with E-state index in [1.165, 1.54) is 6.33 Å². The van der Waals surface area contributed by atoms with E-state index in [0.717, 1.165) is 24.2 Å². The number of amides is 1. The van der Waals surface area contributed by atoms with E-state index in [-0.39, 0.29) is 12.0 Å². The van der Waals surface area contributed by atoms with Crippen LogP contribution >= 0.6 is 0 Å². The third-order valence-corrected chi connectivity index (χ3v) is 5.00. The summed E-state index contributed by atoms with van der Waals surface area (Å²) in [5, 5.41) is 13.1. The van der Waals surface area contributed by atoms with Crippen molar-refractivity contribution in [2.24, 2.45) is 0 Å². The number of aromatic nitrogens is 2. The first-order chi connectivity index (χ1) is 13.5. The molecule has 2 atom stereocenters. The molecule has 0 saturated carbocycles. The minimum atomic E-state index is -0.550. The molecule has 0 radical (unpaired) electrons. The van der Waals surface area contributed by atoms with Crippen molar-refractivity contribution in [2.75, 3.05) is 44.7 Å². The number of ether oxygens (including phenoxy) is 1. The molecule has 8 nitrogen and oxygen atoms in total. The number of morpholine rings is 1. The topological polar surface area (TPSA) is 94.4 Å². The molecule has 3 rings (SSSR count). The number of nitrogens with one attached hydrogen (secondary N) is 1. The minimum absolute atomic E-state index is 0.0989. The maximum Gasteiger partial charge on any atom is 0.251 e. The molecule has 2 aromatic rings. The van der Waals surface area contributed by atoms with Crippen molar-refractivity contribution in [2.45, 2.75) is 26.1 Å². The van der Waals surface area contributed by atoms with Crippen LogP contribution < -0.4 is 10.2 Å². The summed E-state index contributed by atoms with van der Waals surface area (Å²) >= 11 is 0. The Hall–Kier alpha value is -2.76. The van der Waals surface area contributed by atoms with E-state index in [9.17, 15) is 10.1 Å². The number of carbonyl (C=O) groups is 1. The molecule has 148 valence electrons. The Morgan fingerprint density at radius 2 is 2.29 bits per heavy atom. The Morgan fingerprint density at radius 3 is 3.04 bits per heavy atom. The number of anilines is 1. The average molecular weight is 382 g/mol. The standard InChI is InChI=1S/C20H26N6O2/c1-4-25(3)8-7-23-20(27)18-12-26(11-14(2)28-18)17-6-5-15(9-21)19-16(17)10-22-13-24-19/h5-6,10,13-14,18H,4,7-8,11-12H2,1-3H3,(H,23,27). The number of rotatable bonds is 6. The zero-order valence-electron chi connectivity index (χ0n) is 16.6. The quantitative estimate of drug-likeness (QED) is 0.801. The van der Waals surface area contributed by atoms with Crippen LogP contribution in [0.15, 0.2) is 24.7 Å². The highest BCUT2D eigenvalue weighted by Gasteiger charge is 2.31. The van der Waals surface area contributed by atoms with Gasteiger partial charge in [0.2, 0.25) is 0 Å². The van der Waals surface area contributed by atoms with E-state index in [2.05, 4.69) is 38.1 Å². The van der Waals surface area contributed by atoms with Gasteiger partial charge in [0.25, 0.3) is 5.91 Å². The molecule has 1 aliphatic heterocycles. The highest BCUT2D eigenvalue weighted by Crippen LogP contribution is 2.29. The fourth-order valence-corrected chi connectivity index (χ4v) is 3.36. The van der Waals surface area contributed by atoms with E-state index < -0.39 is 6.10 Å². The van der Waals surface area contributed by atoms with Gasteiger partial charge in [-0.3, -0.25) is 4.79 Å². The molecule has 1 N–H and O–H groups in total. The van der Waals surface area contributed by atoms with Crippen molar-refractivity contribution in [1.82, 2.24) is 20.2 Å². The van der Waals surface area contributed by atoms with Crippen LogP contribution in [0.5, 0.6) is 0 Å². The fourth-order valence-electron chi connectivity index (χ4n) is 3.36. The van der Waals surface area contributed by atoms with Crippen molar-refractivity contribution in [3.8, 4) is 6.07 Å². The van der Waals surface area contributed by atoms with Crippen LogP contribution in [0, 0.1) is 11.3 Å². The van der Waals surface area contributed by atoms with Crippen LogP contribution in [-0.4, -0.2) is 72.8 Å². The van der Waals surface area contributed by atoms with Crippen molar-refractivity contribution in [3.63, 3.8) is 0 Å². The fraction of sp³-hybridized carbons (Fsp3) is 0.500. The third-order valence-electron chi connectivity index (χ3n) is 5.00. The van der Waals surface area contributed by atoms with Gasteiger partial charge >= 0.3 is 0 Å². The van der Waals surface area contributed by atoms with Crippen molar-refractivity contribution >= 4 is 22.5 Å². The lowest BCUT2D eigenvalue weighted by Crippen LogP contribution is -2.53. The molecule has 0 aliphatic carbocycles. The van der Waals surface area contributed by atoms with Gasteiger partial charge in [0.15, 0.2) is 6.10 Å². The number of fused-ring (bicyclic) bond motifs is 1. The zero-order chi connectivity index (χ0) is 20.1. The largest absolute Gasteiger partial charge is 0.365 e. The lowest BCUT2D eigenvalue weighted by Gasteiger charge is -2.38. The van der Waals surface area contributed by atoms with E-state index in [1.54, 1.807) is 12.3 Å². The number of benzene rings is 1. The lowest BCUT2D eigenvalue weighted by molar-refractivity contribution is -0.137. The Bertz CT molecular complexity index is 881. The number of nitrogens with zero attached hydrogens (tertiary/aromatic N) is 5. The molecule has 2 unspecified atom stereocenters. The Labute approximate surface area is 165 Å². The number of hydrogen-bond donors (Lipinski definition) is 1. The van der Waals surface area contributed by atoms with Crippen LogP contribution in [0.4, 0.5) is 5.69 Å². The number of carbonyl (C=O) groups excluding carboxylic acids is 1. The monoisotopic (exact) mass is 382 g/mol. The SMILES string of the molecule is CCN(C)CCNC(=O)C1CN(c2ccc(C#N)c3ncncc23)CC(C)O1. The summed E-state index contributed by atoms with van der Waals surface area (Å²) in [6.45, 7) is 7.45. The molecule has 1 aromatic carbocycles. The van der Waals surface area contributed by atoms with Gasteiger partial charge < -0.3 is 19.9 Å². The predicted octanol–water partition coefficient (Wildman–Crippen LogP) is 1.16. The molecule has 2 heterocycles. The van der Waals surface area contributed by atoms with Gasteiger partial charge in [-0.2, -0.15) is 5.26 Å². The summed E-state index contributed by atoms with van der Waals surface area (Å²) in [6, 6.07) is 5.83. The number of likely N-dealkylation sites (N-methyl/N-ethyl adjacent to an activating group) is 1. The molecular formula is C20H26N6O2. The predicted molar refractivity (Wildman–Crippen MR) is 107 cm³/mol. The first-order valence-corrected chi connectivity index (χ1v) is 9.53. The lowest BCUT2D eigenvalue weighted by atomic mass is 10.1. The highest BCUT2D eigenvalue weighted by atomic mass is 16.5. The van der Waals surface area contributed by atoms with Gasteiger partial charge in [0.1, 0.15) is 12.4 Å². The summed E-state index contributed by atoms with van der Waals surface area (Å²) in [4.78, 5) is 25.2. The van der Waals surface area contributed by atoms with Crippen molar-refractivity contribution in [3.05, 3.63) is 30.2 Å². The summed E-state index contributed by atoms with van der Waals surface area (Å²) < 4.78 is 5.89. The molecule has 1 aliphatic rings. The van der Waals surface area contributed by atoms with Crippen molar-refractivity contribution < 1.29 is 9.53 Å². The molecule has 1 fully saturated rings. The van der Waals surface area contributed by atoms with Crippen molar-refractivity contribution in [1.29, 1.82) is 5.26 Å². The van der Waals surface area contributed by atoms with Gasteiger partial charge in [0, 0.05) is 36.9 Å². The second-order valence-electron chi connectivity index (χ2n) is 7.06. The van der Waals surface area contributed by atoms with E-state index in [1.807, 2.05) is 20.0 Å². The zero-order valence-corrected chi connectivity index (χ0v) is 16.6. The van der Waals surface area contributed by atoms with Crippen LogP contribution in [0.1, 0.15) is 19.4 Å². The van der Waals surface area contributed by atoms with Gasteiger partial charge in [-0.05, 0) is 32.6 Å². The van der Waals surface area contributed by atoms with Crippen LogP contribution in [0.25, 0.3) is 10.9 Å². The number of nitriles is 1. The van der Waals surface area contributed by atoms with Crippen LogP contribution in [-0.2, 0) is 9.53 Å². The molecule has 0 bridgehead atoms. The Balaban J connectivity index is 1.77. The summed E-state index contributed by atoms with van der Waals surface area (Å²) in [6.07, 6.45) is 2.51. The van der Waals surface area contributed by atoms with Crippen LogP contribution in [0.2, 0.25) is 0 Å². The molecule has 1 amide bonds. The van der Waals surface area contributed by atoms with Crippen LogP contribution in [0.3, 0.4) is 0 Å². The summed E-state index contributed by atoms with van der Waals surface area (Å²) in [5.74, 6) is -0.102. The second-order valence-corrected chi connectivity index (χ2v) is 7.06. The molecule has 1 saturated heterocycles. The first kappa shape index (κ1) is 20.0. The van der Waals surface area contributed by atoms with E-state index >= 15 is 0 Å². The average Bonchev–Trinajstić information content (AvgIpc) is 2.72. The summed E-state index contributed by atoms with van der Waals surface area (Å²) in [7, 11) is 2.02. The minimum Gasteiger partial charge on any atom is -0.365 e. The maximum absolute atomic E-state index is 12.6. The summed E-state index contributed by atoms with van der Waals surface area (Å²) in [5.41, 5.74) is 2.04. The normalized spacial score (nSPS) is 19.6. The smallest absolute Gasteiger partial charge is 0.251 e. The van der Waals surface area contributed by atoms with Gasteiger partial charge in [-0.15, -0.1) is 0 Å². The molecule has 0 spiro atoms. The van der Waals surface area contributed by atoms with Gasteiger partial charge in [-0.1, -0.05) is 6.92 Å². The third kappa shape index (κ3) is 4.38. The maximum atomic E-state index is 12.6. The Kier molecular flexibility index (Phi) is 6.39. The van der Waals surface area contributed by atoms with E-state index in [4.69, 9.17) is 4.74 Å². The van der Waals surface area contributed by atoms with E-state index in [0.29, 0.717) is 30.7 Å². The Morgan fingerprint density at radius 1 is 1.46 bits per heavy atom. The van der Waals surface area contributed by atoms with Gasteiger partial charge in [-0.25, -0.2) is 9.97 Å². The highest BCUT2D eigenvalue weighted by molar-refractivity contribution is 5.95. The van der Waals surface area contributed by atoms with Gasteiger partial charge in [0.05, 0.1) is 23.7 Å². The molecule has 8 heteroatoms. The second kappa shape index (κ2) is 8.95.